The number of aryl methyl sites for hydroxylation is 3. The Hall–Kier alpha value is -1.41. The molecule has 0 spiro atoms. The SMILES string of the molecule is CC[n+]1cc(C)cc(C)c1.O=S(=O)([N-]S(=O)(=O)C(F)(F)F)C(F)(F)F. The Bertz CT molecular complexity index is 739. The molecular weight excluding hydrogens is 402 g/mol. The van der Waals surface area contributed by atoms with Gasteiger partial charge in [0.25, 0.3) is 0 Å². The van der Waals surface area contributed by atoms with Gasteiger partial charge in [-0.1, -0.05) is 0 Å². The molecule has 0 radical (unpaired) electrons. The van der Waals surface area contributed by atoms with E-state index in [9.17, 15) is 43.2 Å². The lowest BCUT2D eigenvalue weighted by molar-refractivity contribution is -0.694. The Balaban J connectivity index is 0.000000496. The van der Waals surface area contributed by atoms with E-state index in [1.807, 2.05) is 0 Å². The van der Waals surface area contributed by atoms with E-state index >= 15 is 0 Å². The molecule has 0 aliphatic carbocycles. The van der Waals surface area contributed by atoms with Crippen molar-refractivity contribution in [2.24, 2.45) is 0 Å². The lowest BCUT2D eigenvalue weighted by Gasteiger charge is -2.22. The summed E-state index contributed by atoms with van der Waals surface area (Å²) >= 11 is 0. The second kappa shape index (κ2) is 7.86. The Morgan fingerprint density at radius 1 is 0.880 bits per heavy atom. The average molecular weight is 416 g/mol. The highest BCUT2D eigenvalue weighted by molar-refractivity contribution is 8.13. The van der Waals surface area contributed by atoms with Crippen LogP contribution in [-0.4, -0.2) is 27.9 Å². The van der Waals surface area contributed by atoms with Crippen molar-refractivity contribution in [1.29, 1.82) is 0 Å². The molecule has 0 saturated carbocycles. The van der Waals surface area contributed by atoms with Gasteiger partial charge in [0, 0.05) is 11.1 Å². The predicted molar refractivity (Wildman–Crippen MR) is 75.1 cm³/mol. The van der Waals surface area contributed by atoms with E-state index in [0.717, 1.165) is 10.7 Å². The minimum Gasteiger partial charge on any atom is -0.421 e. The van der Waals surface area contributed by atoms with E-state index in [2.05, 4.69) is 43.8 Å². The van der Waals surface area contributed by atoms with Crippen LogP contribution in [0.3, 0.4) is 0 Å². The summed E-state index contributed by atoms with van der Waals surface area (Å²) < 4.78 is 111. The van der Waals surface area contributed by atoms with E-state index in [-0.39, 0.29) is 0 Å². The number of alkyl halides is 6. The van der Waals surface area contributed by atoms with Crippen LogP contribution in [0.1, 0.15) is 18.1 Å². The molecule has 0 amide bonds. The molecule has 146 valence electrons. The summed E-state index contributed by atoms with van der Waals surface area (Å²) in [6.45, 7) is 7.46. The van der Waals surface area contributed by atoms with Crippen molar-refractivity contribution in [3.63, 3.8) is 0 Å². The monoisotopic (exact) mass is 416 g/mol. The normalized spacial score (nSPS) is 13.2. The quantitative estimate of drug-likeness (QED) is 0.560. The van der Waals surface area contributed by atoms with Gasteiger partial charge in [-0.05, 0) is 26.8 Å². The maximum Gasteiger partial charge on any atom is 0.480 e. The van der Waals surface area contributed by atoms with Gasteiger partial charge in [-0.2, -0.15) is 26.3 Å². The number of sulfonamides is 2. The second-order valence-electron chi connectivity index (χ2n) is 4.64. The third-order valence-electron chi connectivity index (χ3n) is 2.34. The number of hydrogen-bond donors (Lipinski definition) is 0. The first-order valence-electron chi connectivity index (χ1n) is 6.27. The number of nitrogens with zero attached hydrogens (tertiary/aromatic N) is 2. The van der Waals surface area contributed by atoms with Gasteiger partial charge in [-0.15, -0.1) is 0 Å². The number of pyridine rings is 1. The fourth-order valence-electron chi connectivity index (χ4n) is 1.39. The molecule has 0 saturated heterocycles. The van der Waals surface area contributed by atoms with Crippen molar-refractivity contribution < 1.29 is 47.7 Å². The summed E-state index contributed by atoms with van der Waals surface area (Å²) in [7, 11) is -13.4. The van der Waals surface area contributed by atoms with Crippen LogP contribution in [0.15, 0.2) is 18.5 Å². The van der Waals surface area contributed by atoms with Crippen molar-refractivity contribution in [2.45, 2.75) is 38.3 Å². The standard InChI is InChI=1S/C9H14N.C2F6NO4S2/c1-4-10-6-8(2)5-9(3)7-10;3-1(4,5)14(10,11)9-15(12,13)2(6,7)8/h5-7H,4H2,1-3H3;/q+1;-1. The minimum absolute atomic E-state index is 0.778. The van der Waals surface area contributed by atoms with Gasteiger partial charge < -0.3 is 4.13 Å². The third kappa shape index (κ3) is 7.15. The van der Waals surface area contributed by atoms with Crippen molar-refractivity contribution in [3.05, 3.63) is 33.7 Å². The molecule has 0 aliphatic rings. The van der Waals surface area contributed by atoms with Gasteiger partial charge in [0.1, 0.15) is 6.54 Å². The molecule has 14 heteroatoms. The van der Waals surface area contributed by atoms with Gasteiger partial charge in [-0.3, -0.25) is 0 Å². The predicted octanol–water partition coefficient (Wildman–Crippen LogP) is 2.67. The van der Waals surface area contributed by atoms with Gasteiger partial charge in [-0.25, -0.2) is 21.4 Å². The zero-order valence-corrected chi connectivity index (χ0v) is 14.7. The van der Waals surface area contributed by atoms with E-state index in [1.54, 1.807) is 0 Å². The molecular formula is C11H14F6N2O4S2. The molecule has 1 rings (SSSR count). The highest BCUT2D eigenvalue weighted by Crippen LogP contribution is 2.36. The molecule has 1 aromatic heterocycles. The van der Waals surface area contributed by atoms with Crippen LogP contribution < -0.4 is 4.57 Å². The van der Waals surface area contributed by atoms with Crippen LogP contribution in [0.2, 0.25) is 0 Å². The number of halogens is 6. The first kappa shape index (κ1) is 23.6. The summed E-state index contributed by atoms with van der Waals surface area (Å²) in [5, 5.41) is 0. The molecule has 6 nitrogen and oxygen atoms in total. The van der Waals surface area contributed by atoms with Crippen molar-refractivity contribution in [1.82, 2.24) is 0 Å². The molecule has 0 aliphatic heterocycles. The third-order valence-corrected chi connectivity index (χ3v) is 5.08. The second-order valence-corrected chi connectivity index (χ2v) is 8.06. The van der Waals surface area contributed by atoms with Crippen LogP contribution in [0.4, 0.5) is 26.3 Å². The van der Waals surface area contributed by atoms with Crippen LogP contribution in [0.25, 0.3) is 4.13 Å². The van der Waals surface area contributed by atoms with Crippen molar-refractivity contribution in [2.75, 3.05) is 0 Å². The maximum absolute atomic E-state index is 11.4. The minimum atomic E-state index is -6.72. The van der Waals surface area contributed by atoms with Crippen LogP contribution in [0, 0.1) is 13.8 Å². The summed E-state index contributed by atoms with van der Waals surface area (Å²) in [5.41, 5.74) is -9.74. The topological polar surface area (TPSA) is 86.3 Å². The Morgan fingerprint density at radius 3 is 1.44 bits per heavy atom. The average Bonchev–Trinajstić information content (AvgIpc) is 2.34. The molecule has 1 aromatic rings. The molecule has 0 N–H and O–H groups in total. The first-order valence-corrected chi connectivity index (χ1v) is 9.15. The summed E-state index contributed by atoms with van der Waals surface area (Å²) in [5.74, 6) is 0. The number of rotatable bonds is 3. The van der Waals surface area contributed by atoms with E-state index < -0.39 is 31.1 Å². The fourth-order valence-corrected chi connectivity index (χ4v) is 3.10. The van der Waals surface area contributed by atoms with Gasteiger partial charge in [0.05, 0.1) is 0 Å². The van der Waals surface area contributed by atoms with Gasteiger partial charge in [0.2, 0.25) is 0 Å². The molecule has 0 aromatic carbocycles. The Labute approximate surface area is 140 Å². The largest absolute Gasteiger partial charge is 0.480 e. The van der Waals surface area contributed by atoms with Crippen LogP contribution in [0.5, 0.6) is 0 Å². The maximum atomic E-state index is 11.4. The molecule has 0 atom stereocenters. The molecule has 0 unspecified atom stereocenters. The number of aromatic nitrogens is 1. The first-order chi connectivity index (χ1) is 10.9. The summed E-state index contributed by atoms with van der Waals surface area (Å²) in [4.78, 5) is 0. The smallest absolute Gasteiger partial charge is 0.421 e. The van der Waals surface area contributed by atoms with E-state index in [1.165, 1.54) is 11.1 Å². The Kier molecular flexibility index (Phi) is 7.42. The fraction of sp³-hybridized carbons (Fsp3) is 0.545. The summed E-state index contributed by atoms with van der Waals surface area (Å²) in [6, 6.07) is 2.19. The highest BCUT2D eigenvalue weighted by Gasteiger charge is 2.46. The Morgan fingerprint density at radius 2 is 1.20 bits per heavy atom. The molecule has 0 bridgehead atoms. The molecule has 0 fully saturated rings. The van der Waals surface area contributed by atoms with Gasteiger partial charge in [0.15, 0.2) is 32.4 Å². The van der Waals surface area contributed by atoms with Gasteiger partial charge >= 0.3 is 11.0 Å². The molecule has 1 heterocycles. The van der Waals surface area contributed by atoms with E-state index in [4.69, 9.17) is 0 Å². The van der Waals surface area contributed by atoms with Crippen LogP contribution in [-0.2, 0) is 26.6 Å². The van der Waals surface area contributed by atoms with Crippen molar-refractivity contribution >= 4 is 20.0 Å². The van der Waals surface area contributed by atoms with Crippen LogP contribution >= 0.6 is 0 Å². The lowest BCUT2D eigenvalue weighted by atomic mass is 10.2. The zero-order chi connectivity index (χ0) is 20.3. The zero-order valence-electron chi connectivity index (χ0n) is 13.1. The summed E-state index contributed by atoms with van der Waals surface area (Å²) in [6.07, 6.45) is 4.32. The van der Waals surface area contributed by atoms with E-state index in [0.29, 0.717) is 0 Å². The molecule has 25 heavy (non-hydrogen) atoms. The highest BCUT2D eigenvalue weighted by atomic mass is 32.3. The number of hydrogen-bond acceptors (Lipinski definition) is 4. The van der Waals surface area contributed by atoms with Crippen molar-refractivity contribution in [3.8, 4) is 0 Å². The lowest BCUT2D eigenvalue weighted by Crippen LogP contribution is -2.31.